The third-order valence-electron chi connectivity index (χ3n) is 3.37. The van der Waals surface area contributed by atoms with Crippen molar-refractivity contribution in [1.82, 2.24) is 15.3 Å². The molecule has 0 saturated heterocycles. The van der Waals surface area contributed by atoms with Crippen molar-refractivity contribution in [3.05, 3.63) is 76.3 Å². The van der Waals surface area contributed by atoms with E-state index >= 15 is 0 Å². The molecule has 0 radical (unpaired) electrons. The lowest BCUT2D eigenvalue weighted by Gasteiger charge is -2.04. The minimum atomic E-state index is -0.361. The van der Waals surface area contributed by atoms with Crippen LogP contribution in [0, 0.1) is 5.82 Å². The van der Waals surface area contributed by atoms with E-state index in [1.165, 1.54) is 35.6 Å². The fraction of sp³-hybridized carbons (Fsp3) is 0.167. The van der Waals surface area contributed by atoms with E-state index in [2.05, 4.69) is 15.3 Å². The molecule has 0 atom stereocenters. The number of halogens is 1. The van der Waals surface area contributed by atoms with E-state index in [0.717, 1.165) is 10.7 Å². The predicted octanol–water partition coefficient (Wildman–Crippen LogP) is 3.23. The molecule has 1 N–H and O–H groups in total. The molecule has 0 bridgehead atoms. The van der Waals surface area contributed by atoms with Gasteiger partial charge in [0.2, 0.25) is 0 Å². The minimum Gasteiger partial charge on any atom is -0.485 e. The lowest BCUT2D eigenvalue weighted by Crippen LogP contribution is -2.25. The van der Waals surface area contributed by atoms with Gasteiger partial charge in [-0.3, -0.25) is 9.78 Å². The average molecular weight is 357 g/mol. The number of rotatable bonds is 7. The largest absolute Gasteiger partial charge is 0.485 e. The van der Waals surface area contributed by atoms with E-state index in [0.29, 0.717) is 30.9 Å². The Hall–Kier alpha value is -2.80. The highest BCUT2D eigenvalue weighted by molar-refractivity contribution is 7.09. The Balaban J connectivity index is 1.44. The van der Waals surface area contributed by atoms with Gasteiger partial charge in [0, 0.05) is 30.1 Å². The molecule has 25 heavy (non-hydrogen) atoms. The molecule has 0 spiro atoms. The first-order valence-electron chi connectivity index (χ1n) is 7.70. The molecule has 5 nitrogen and oxygen atoms in total. The van der Waals surface area contributed by atoms with Crippen molar-refractivity contribution < 1.29 is 13.9 Å². The molecule has 1 aromatic carbocycles. The Kier molecular flexibility index (Phi) is 5.69. The molecule has 7 heteroatoms. The second-order valence-electron chi connectivity index (χ2n) is 5.22. The summed E-state index contributed by atoms with van der Waals surface area (Å²) in [4.78, 5) is 20.4. The molecule has 0 aliphatic carbocycles. The van der Waals surface area contributed by atoms with Crippen molar-refractivity contribution in [2.45, 2.75) is 13.0 Å². The molecule has 0 unspecified atom stereocenters. The van der Waals surface area contributed by atoms with Gasteiger partial charge in [0.1, 0.15) is 23.2 Å². The Morgan fingerprint density at radius 2 is 2.08 bits per heavy atom. The van der Waals surface area contributed by atoms with Crippen LogP contribution >= 0.6 is 11.3 Å². The maximum atomic E-state index is 12.8. The number of nitrogens with zero attached hydrogens (tertiary/aromatic N) is 2. The predicted molar refractivity (Wildman–Crippen MR) is 93.1 cm³/mol. The molecule has 128 valence electrons. The molecule has 0 saturated carbocycles. The highest BCUT2D eigenvalue weighted by Gasteiger charge is 2.07. The van der Waals surface area contributed by atoms with Gasteiger partial charge in [-0.15, -0.1) is 11.3 Å². The molecule has 1 amide bonds. The minimum absolute atomic E-state index is 0.227. The normalized spacial score (nSPS) is 10.4. The quantitative estimate of drug-likeness (QED) is 0.705. The zero-order chi connectivity index (χ0) is 17.5. The Morgan fingerprint density at radius 3 is 2.84 bits per heavy atom. The number of ether oxygens (including phenoxy) is 1. The number of hydrogen-bond acceptors (Lipinski definition) is 5. The topological polar surface area (TPSA) is 64.1 Å². The smallest absolute Gasteiger partial charge is 0.251 e. The summed E-state index contributed by atoms with van der Waals surface area (Å²) in [7, 11) is 0. The molecule has 0 fully saturated rings. The lowest BCUT2D eigenvalue weighted by molar-refractivity contribution is 0.0954. The molecule has 2 heterocycles. The van der Waals surface area contributed by atoms with Crippen molar-refractivity contribution in [3.8, 4) is 5.75 Å². The molecular formula is C18H16FN3O2S. The van der Waals surface area contributed by atoms with Gasteiger partial charge in [-0.1, -0.05) is 0 Å². The summed E-state index contributed by atoms with van der Waals surface area (Å²) in [5.74, 6) is 0.112. The van der Waals surface area contributed by atoms with E-state index in [1.54, 1.807) is 12.4 Å². The average Bonchev–Trinajstić information content (AvgIpc) is 3.09. The first-order chi connectivity index (χ1) is 12.2. The summed E-state index contributed by atoms with van der Waals surface area (Å²) in [5.41, 5.74) is 1.33. The second kappa shape index (κ2) is 8.34. The maximum absolute atomic E-state index is 12.8. The van der Waals surface area contributed by atoms with Gasteiger partial charge >= 0.3 is 0 Å². The van der Waals surface area contributed by atoms with E-state index in [9.17, 15) is 9.18 Å². The SMILES string of the molecule is O=C(NCCc1csc(COc2cccnc2)n1)c1ccc(F)cc1. The fourth-order valence-corrected chi connectivity index (χ4v) is 2.85. The number of amides is 1. The third-order valence-corrected chi connectivity index (χ3v) is 4.24. The first kappa shape index (κ1) is 17.0. The Labute approximate surface area is 148 Å². The number of nitrogens with one attached hydrogen (secondary N) is 1. The number of hydrogen-bond donors (Lipinski definition) is 1. The van der Waals surface area contributed by atoms with E-state index in [1.807, 2.05) is 17.5 Å². The first-order valence-corrected chi connectivity index (χ1v) is 8.58. The summed E-state index contributed by atoms with van der Waals surface area (Å²) >= 11 is 1.51. The van der Waals surface area contributed by atoms with Gasteiger partial charge in [0.15, 0.2) is 0 Å². The van der Waals surface area contributed by atoms with Crippen molar-refractivity contribution in [3.63, 3.8) is 0 Å². The van der Waals surface area contributed by atoms with Gasteiger partial charge in [-0.2, -0.15) is 0 Å². The summed E-state index contributed by atoms with van der Waals surface area (Å²) in [6.45, 7) is 0.848. The number of pyridine rings is 1. The van der Waals surface area contributed by atoms with Crippen LogP contribution in [-0.2, 0) is 13.0 Å². The van der Waals surface area contributed by atoms with Crippen LogP contribution in [0.4, 0.5) is 4.39 Å². The Morgan fingerprint density at radius 1 is 1.24 bits per heavy atom. The number of thiazole rings is 1. The van der Waals surface area contributed by atoms with Crippen LogP contribution in [0.25, 0.3) is 0 Å². The number of carbonyl (C=O) groups excluding carboxylic acids is 1. The molecular weight excluding hydrogens is 341 g/mol. The van der Waals surface area contributed by atoms with Crippen molar-refractivity contribution >= 4 is 17.2 Å². The fourth-order valence-electron chi connectivity index (χ4n) is 2.12. The van der Waals surface area contributed by atoms with E-state index < -0.39 is 0 Å². The number of carbonyl (C=O) groups is 1. The number of benzene rings is 1. The number of aromatic nitrogens is 2. The van der Waals surface area contributed by atoms with E-state index in [-0.39, 0.29) is 11.7 Å². The Bertz CT molecular complexity index is 822. The maximum Gasteiger partial charge on any atom is 0.251 e. The van der Waals surface area contributed by atoms with Crippen LogP contribution in [0.3, 0.4) is 0 Å². The van der Waals surface area contributed by atoms with Crippen LogP contribution in [0.15, 0.2) is 54.2 Å². The van der Waals surface area contributed by atoms with Gasteiger partial charge < -0.3 is 10.1 Å². The standard InChI is InChI=1S/C18H16FN3O2S/c19-14-5-3-13(4-6-14)18(23)21-9-7-15-12-25-17(22-15)11-24-16-2-1-8-20-10-16/h1-6,8,10,12H,7,9,11H2,(H,21,23). The summed E-state index contributed by atoms with van der Waals surface area (Å²) in [5, 5.41) is 5.61. The van der Waals surface area contributed by atoms with Crippen molar-refractivity contribution in [1.29, 1.82) is 0 Å². The van der Waals surface area contributed by atoms with Crippen LogP contribution in [0.5, 0.6) is 5.75 Å². The summed E-state index contributed by atoms with van der Waals surface area (Å²) in [6.07, 6.45) is 3.96. The summed E-state index contributed by atoms with van der Waals surface area (Å²) < 4.78 is 18.4. The van der Waals surface area contributed by atoms with Crippen molar-refractivity contribution in [2.75, 3.05) is 6.54 Å². The van der Waals surface area contributed by atoms with Crippen LogP contribution in [0.1, 0.15) is 21.1 Å². The van der Waals surface area contributed by atoms with Gasteiger partial charge in [-0.25, -0.2) is 9.37 Å². The monoisotopic (exact) mass is 357 g/mol. The van der Waals surface area contributed by atoms with Gasteiger partial charge in [0.25, 0.3) is 5.91 Å². The van der Waals surface area contributed by atoms with Crippen LogP contribution in [0.2, 0.25) is 0 Å². The third kappa shape index (κ3) is 5.09. The van der Waals surface area contributed by atoms with Gasteiger partial charge in [0.05, 0.1) is 11.9 Å². The molecule has 0 aliphatic heterocycles. The van der Waals surface area contributed by atoms with Gasteiger partial charge in [-0.05, 0) is 36.4 Å². The molecule has 3 aromatic rings. The molecule has 3 rings (SSSR count). The van der Waals surface area contributed by atoms with Crippen LogP contribution in [-0.4, -0.2) is 22.4 Å². The highest BCUT2D eigenvalue weighted by Crippen LogP contribution is 2.14. The zero-order valence-electron chi connectivity index (χ0n) is 13.3. The van der Waals surface area contributed by atoms with Crippen molar-refractivity contribution in [2.24, 2.45) is 0 Å². The summed E-state index contributed by atoms with van der Waals surface area (Å²) in [6, 6.07) is 9.11. The van der Waals surface area contributed by atoms with E-state index in [4.69, 9.17) is 4.74 Å². The highest BCUT2D eigenvalue weighted by atomic mass is 32.1. The second-order valence-corrected chi connectivity index (χ2v) is 6.17. The van der Waals surface area contributed by atoms with Crippen LogP contribution < -0.4 is 10.1 Å². The zero-order valence-corrected chi connectivity index (χ0v) is 14.1. The molecule has 0 aliphatic rings. The lowest BCUT2D eigenvalue weighted by atomic mass is 10.2. The molecule has 2 aromatic heterocycles.